The molecule has 1 aromatic rings. The Bertz CT molecular complexity index is 777. The molecule has 5 heteroatoms. The van der Waals surface area contributed by atoms with Crippen LogP contribution in [0.25, 0.3) is 5.70 Å². The predicted octanol–water partition coefficient (Wildman–Crippen LogP) is 4.69. The zero-order valence-corrected chi connectivity index (χ0v) is 14.1. The van der Waals surface area contributed by atoms with Crippen molar-refractivity contribution in [2.45, 2.75) is 6.92 Å². The molecule has 3 rings (SSSR count). The van der Waals surface area contributed by atoms with E-state index in [0.717, 1.165) is 21.3 Å². The number of nitrogens with zero attached hydrogens (tertiary/aromatic N) is 1. The number of carboxylic acid groups (broad SMARTS) is 1. The molecule has 2 unspecified atom stereocenters. The Balaban J connectivity index is 2.16. The first-order chi connectivity index (χ1) is 10.5. The summed E-state index contributed by atoms with van der Waals surface area (Å²) in [6.07, 6.45) is 5.64. The fourth-order valence-corrected chi connectivity index (χ4v) is 3.48. The Morgan fingerprint density at radius 3 is 2.82 bits per heavy atom. The van der Waals surface area contributed by atoms with Crippen molar-refractivity contribution in [2.24, 2.45) is 16.8 Å². The summed E-state index contributed by atoms with van der Waals surface area (Å²) in [5.41, 5.74) is 3.04. The number of fused-ring (bicyclic) bond motifs is 1. The topological polar surface area (TPSA) is 49.7 Å². The standard InChI is InChI=1S/C17H13BrClNO2/c1-9-15(17(21)22)13-8-11(18)5-6-14(13)20-16(9)10-3-2-4-12(19)7-10/h2-8,13,15H,1H3,(H,21,22). The molecule has 22 heavy (non-hydrogen) atoms. The fraction of sp³-hybridized carbons (Fsp3) is 0.176. The van der Waals surface area contributed by atoms with Gasteiger partial charge in [0.05, 0.1) is 11.6 Å². The lowest BCUT2D eigenvalue weighted by molar-refractivity contribution is -0.140. The van der Waals surface area contributed by atoms with Crippen LogP contribution < -0.4 is 0 Å². The molecule has 2 atom stereocenters. The van der Waals surface area contributed by atoms with Crippen molar-refractivity contribution in [1.29, 1.82) is 0 Å². The molecule has 112 valence electrons. The minimum Gasteiger partial charge on any atom is -0.481 e. The van der Waals surface area contributed by atoms with Gasteiger partial charge < -0.3 is 5.11 Å². The van der Waals surface area contributed by atoms with Crippen LogP contribution in [0.1, 0.15) is 12.5 Å². The highest BCUT2D eigenvalue weighted by Crippen LogP contribution is 2.39. The minimum atomic E-state index is -0.846. The summed E-state index contributed by atoms with van der Waals surface area (Å²) in [6.45, 7) is 1.83. The summed E-state index contributed by atoms with van der Waals surface area (Å²) in [4.78, 5) is 16.5. The zero-order valence-electron chi connectivity index (χ0n) is 11.8. The van der Waals surface area contributed by atoms with E-state index in [0.29, 0.717) is 10.7 Å². The van der Waals surface area contributed by atoms with Crippen LogP contribution in [-0.2, 0) is 4.79 Å². The van der Waals surface area contributed by atoms with Crippen molar-refractivity contribution in [1.82, 2.24) is 0 Å². The number of halogens is 2. The van der Waals surface area contributed by atoms with Crippen LogP contribution in [0.15, 0.2) is 57.5 Å². The van der Waals surface area contributed by atoms with E-state index in [1.165, 1.54) is 0 Å². The number of carboxylic acids is 1. The monoisotopic (exact) mass is 377 g/mol. The molecule has 0 amide bonds. The number of rotatable bonds is 2. The van der Waals surface area contributed by atoms with E-state index in [4.69, 9.17) is 11.6 Å². The van der Waals surface area contributed by atoms with E-state index >= 15 is 0 Å². The second-order valence-electron chi connectivity index (χ2n) is 5.31. The summed E-state index contributed by atoms with van der Waals surface area (Å²) < 4.78 is 0.877. The maximum Gasteiger partial charge on any atom is 0.311 e. The van der Waals surface area contributed by atoms with Gasteiger partial charge in [-0.25, -0.2) is 0 Å². The van der Waals surface area contributed by atoms with Gasteiger partial charge in [0.15, 0.2) is 0 Å². The molecule has 3 nitrogen and oxygen atoms in total. The molecule has 1 aliphatic heterocycles. The highest BCUT2D eigenvalue weighted by Gasteiger charge is 2.37. The fourth-order valence-electron chi connectivity index (χ4n) is 2.87. The molecule has 0 fully saturated rings. The van der Waals surface area contributed by atoms with E-state index in [9.17, 15) is 9.90 Å². The Morgan fingerprint density at radius 2 is 2.14 bits per heavy atom. The Labute approximate surface area is 141 Å². The lowest BCUT2D eigenvalue weighted by Gasteiger charge is -2.30. The van der Waals surface area contributed by atoms with Gasteiger partial charge in [0.1, 0.15) is 0 Å². The van der Waals surface area contributed by atoms with Crippen molar-refractivity contribution in [3.05, 3.63) is 63.1 Å². The molecule has 1 aliphatic carbocycles. The molecule has 2 aliphatic rings. The number of allylic oxidation sites excluding steroid dienone is 4. The first-order valence-electron chi connectivity index (χ1n) is 6.81. The van der Waals surface area contributed by atoms with Crippen LogP contribution in [-0.4, -0.2) is 16.8 Å². The van der Waals surface area contributed by atoms with Crippen molar-refractivity contribution in [2.75, 3.05) is 0 Å². The SMILES string of the molecule is CC1=C(c2cccc(Cl)c2)N=C2C=CC(Br)=CC2C1C(=O)O. The number of hydrogen-bond acceptors (Lipinski definition) is 2. The molecular weight excluding hydrogens is 366 g/mol. The van der Waals surface area contributed by atoms with E-state index in [2.05, 4.69) is 20.9 Å². The van der Waals surface area contributed by atoms with E-state index in [1.807, 2.05) is 43.4 Å². The van der Waals surface area contributed by atoms with Gasteiger partial charge in [-0.05, 0) is 36.8 Å². The van der Waals surface area contributed by atoms with Crippen molar-refractivity contribution in [3.8, 4) is 0 Å². The minimum absolute atomic E-state index is 0.250. The van der Waals surface area contributed by atoms with Crippen LogP contribution in [0.2, 0.25) is 5.02 Å². The van der Waals surface area contributed by atoms with Gasteiger partial charge in [-0.15, -0.1) is 0 Å². The predicted molar refractivity (Wildman–Crippen MR) is 92.2 cm³/mol. The summed E-state index contributed by atoms with van der Waals surface area (Å²) in [7, 11) is 0. The van der Waals surface area contributed by atoms with Gasteiger partial charge >= 0.3 is 5.97 Å². The van der Waals surface area contributed by atoms with E-state index < -0.39 is 11.9 Å². The number of carbonyl (C=O) groups is 1. The zero-order chi connectivity index (χ0) is 15.9. The summed E-state index contributed by atoms with van der Waals surface area (Å²) in [5.74, 6) is -1.72. The number of aliphatic imine (C=N–C) groups is 1. The van der Waals surface area contributed by atoms with E-state index in [1.54, 1.807) is 6.07 Å². The third-order valence-electron chi connectivity index (χ3n) is 3.90. The largest absolute Gasteiger partial charge is 0.481 e. The first kappa shape index (κ1) is 15.3. The molecule has 1 heterocycles. The quantitative estimate of drug-likeness (QED) is 0.811. The van der Waals surface area contributed by atoms with Gasteiger partial charge in [-0.1, -0.05) is 45.7 Å². The average Bonchev–Trinajstić information content (AvgIpc) is 2.46. The van der Waals surface area contributed by atoms with Crippen molar-refractivity contribution < 1.29 is 9.90 Å². The van der Waals surface area contributed by atoms with E-state index in [-0.39, 0.29) is 5.92 Å². The van der Waals surface area contributed by atoms with Gasteiger partial charge in [-0.2, -0.15) is 0 Å². The van der Waals surface area contributed by atoms with Crippen LogP contribution in [0.4, 0.5) is 0 Å². The molecule has 0 saturated heterocycles. The smallest absolute Gasteiger partial charge is 0.311 e. The van der Waals surface area contributed by atoms with Crippen molar-refractivity contribution >= 4 is 44.9 Å². The molecule has 0 saturated carbocycles. The lowest BCUT2D eigenvalue weighted by Crippen LogP contribution is -2.33. The number of benzene rings is 1. The molecule has 1 aromatic carbocycles. The molecule has 0 bridgehead atoms. The van der Waals surface area contributed by atoms with Crippen molar-refractivity contribution in [3.63, 3.8) is 0 Å². The maximum absolute atomic E-state index is 11.8. The lowest BCUT2D eigenvalue weighted by atomic mass is 9.77. The number of hydrogen-bond donors (Lipinski definition) is 1. The molecule has 0 aromatic heterocycles. The second kappa shape index (κ2) is 5.86. The highest BCUT2D eigenvalue weighted by molar-refractivity contribution is 9.11. The van der Waals surface area contributed by atoms with Crippen LogP contribution in [0, 0.1) is 11.8 Å². The normalized spacial score (nSPS) is 23.8. The van der Waals surface area contributed by atoms with Gasteiger partial charge in [0.2, 0.25) is 0 Å². The third kappa shape index (κ3) is 2.69. The van der Waals surface area contributed by atoms with Crippen LogP contribution >= 0.6 is 27.5 Å². The molecule has 0 radical (unpaired) electrons. The average molecular weight is 379 g/mol. The summed E-state index contributed by atoms with van der Waals surface area (Å²) >= 11 is 9.46. The van der Waals surface area contributed by atoms with Crippen LogP contribution in [0.3, 0.4) is 0 Å². The Kier molecular flexibility index (Phi) is 4.06. The third-order valence-corrected chi connectivity index (χ3v) is 4.66. The molecule has 1 N–H and O–H groups in total. The maximum atomic E-state index is 11.8. The van der Waals surface area contributed by atoms with Gasteiger partial charge in [-0.3, -0.25) is 9.79 Å². The Morgan fingerprint density at radius 1 is 1.36 bits per heavy atom. The van der Waals surface area contributed by atoms with Crippen LogP contribution in [0.5, 0.6) is 0 Å². The van der Waals surface area contributed by atoms with Gasteiger partial charge in [0, 0.05) is 26.7 Å². The Hall–Kier alpha value is -1.65. The highest BCUT2D eigenvalue weighted by atomic mass is 79.9. The number of aliphatic carboxylic acids is 1. The first-order valence-corrected chi connectivity index (χ1v) is 7.98. The summed E-state index contributed by atoms with van der Waals surface area (Å²) in [5, 5.41) is 10.3. The van der Waals surface area contributed by atoms with Gasteiger partial charge in [0.25, 0.3) is 0 Å². The molecular formula is C17H13BrClNO2. The molecule has 0 spiro atoms. The summed E-state index contributed by atoms with van der Waals surface area (Å²) in [6, 6.07) is 7.33. The second-order valence-corrected chi connectivity index (χ2v) is 6.66.